The Morgan fingerprint density at radius 3 is 1.81 bits per heavy atom. The van der Waals surface area contributed by atoms with E-state index in [-0.39, 0.29) is 24.7 Å². The molecule has 2 aromatic rings. The zero-order valence-electron chi connectivity index (χ0n) is 21.7. The predicted molar refractivity (Wildman–Crippen MR) is 135 cm³/mol. The highest BCUT2D eigenvalue weighted by Gasteiger charge is 2.33. The molecule has 0 radical (unpaired) electrons. The van der Waals surface area contributed by atoms with Crippen molar-refractivity contribution in [3.05, 3.63) is 36.4 Å². The summed E-state index contributed by atoms with van der Waals surface area (Å²) < 4.78 is 0. The second kappa shape index (κ2) is 14.1. The van der Waals surface area contributed by atoms with Crippen molar-refractivity contribution < 1.29 is 24.3 Å². The standard InChI is InChI=1S/C24H38N8O5/c1-5-13(3)19(25)22(34)32-20(14(4)6-2)23(35)30-17(7-15-9-26-11-28-15)21(33)31-18(24(36)37)8-16-10-27-12-29-16/h9-14,17-20H,5-8,25H2,1-4H3,(H,26,28)(H,27,29)(H,30,35)(H,31,33)(H,32,34)(H,36,37). The molecular weight excluding hydrogens is 480 g/mol. The molecule has 2 heterocycles. The molecule has 13 heteroatoms. The number of H-pyrrole nitrogens is 2. The van der Waals surface area contributed by atoms with Crippen LogP contribution in [0.2, 0.25) is 0 Å². The minimum atomic E-state index is -1.26. The quantitative estimate of drug-likeness (QED) is 0.169. The summed E-state index contributed by atoms with van der Waals surface area (Å²) in [6.07, 6.45) is 7.10. The van der Waals surface area contributed by atoms with Crippen LogP contribution in [0.5, 0.6) is 0 Å². The molecule has 6 atom stereocenters. The number of hydrogen-bond donors (Lipinski definition) is 7. The first-order valence-corrected chi connectivity index (χ1v) is 12.4. The number of carbonyl (C=O) groups excluding carboxylic acids is 3. The number of carboxylic acid groups (broad SMARTS) is 1. The third kappa shape index (κ3) is 8.70. The number of amides is 3. The molecule has 8 N–H and O–H groups in total. The third-order valence-corrected chi connectivity index (χ3v) is 6.56. The Hall–Kier alpha value is -3.74. The molecule has 0 aliphatic heterocycles. The Bertz CT molecular complexity index is 1010. The van der Waals surface area contributed by atoms with Gasteiger partial charge in [0.05, 0.1) is 18.7 Å². The van der Waals surface area contributed by atoms with Crippen molar-refractivity contribution in [2.45, 2.75) is 77.5 Å². The third-order valence-electron chi connectivity index (χ3n) is 6.56. The molecule has 3 amide bonds. The van der Waals surface area contributed by atoms with E-state index in [2.05, 4.69) is 35.9 Å². The number of hydrogen-bond acceptors (Lipinski definition) is 7. The second-order valence-electron chi connectivity index (χ2n) is 9.31. The molecule has 0 saturated heterocycles. The van der Waals surface area contributed by atoms with Gasteiger partial charge in [-0.05, 0) is 11.8 Å². The van der Waals surface area contributed by atoms with Crippen LogP contribution in [0.1, 0.15) is 51.9 Å². The average molecular weight is 519 g/mol. The molecule has 2 rings (SSSR count). The van der Waals surface area contributed by atoms with Gasteiger partial charge in [-0.25, -0.2) is 14.8 Å². The van der Waals surface area contributed by atoms with E-state index in [4.69, 9.17) is 5.73 Å². The fourth-order valence-corrected chi connectivity index (χ4v) is 3.64. The van der Waals surface area contributed by atoms with Crippen LogP contribution < -0.4 is 21.7 Å². The first kappa shape index (κ1) is 29.5. The number of nitrogens with two attached hydrogens (primary N) is 1. The number of aliphatic carboxylic acids is 1. The van der Waals surface area contributed by atoms with Crippen LogP contribution in [-0.2, 0) is 32.0 Å². The van der Waals surface area contributed by atoms with E-state index >= 15 is 0 Å². The van der Waals surface area contributed by atoms with E-state index in [1.807, 2.05) is 27.7 Å². The summed E-state index contributed by atoms with van der Waals surface area (Å²) in [5.41, 5.74) is 7.14. The SMILES string of the molecule is CCC(C)C(N)C(=O)NC(C(=O)NC(Cc1cnc[nH]1)C(=O)NC(Cc1cnc[nH]1)C(=O)O)C(C)CC. The summed E-state index contributed by atoms with van der Waals surface area (Å²) in [6, 6.07) is -4.12. The van der Waals surface area contributed by atoms with Gasteiger partial charge in [-0.1, -0.05) is 40.5 Å². The van der Waals surface area contributed by atoms with Gasteiger partial charge in [0.25, 0.3) is 0 Å². The lowest BCUT2D eigenvalue weighted by Crippen LogP contribution is -2.59. The van der Waals surface area contributed by atoms with Crippen molar-refractivity contribution in [2.24, 2.45) is 17.6 Å². The molecule has 0 aromatic carbocycles. The molecule has 0 saturated carbocycles. The Morgan fingerprint density at radius 2 is 1.35 bits per heavy atom. The van der Waals surface area contributed by atoms with Crippen LogP contribution in [0, 0.1) is 11.8 Å². The fourth-order valence-electron chi connectivity index (χ4n) is 3.64. The van der Waals surface area contributed by atoms with Gasteiger partial charge in [0.1, 0.15) is 18.1 Å². The number of imidazole rings is 2. The molecular formula is C24H38N8O5. The van der Waals surface area contributed by atoms with Gasteiger partial charge in [0.2, 0.25) is 17.7 Å². The summed E-state index contributed by atoms with van der Waals surface area (Å²) in [5, 5.41) is 17.6. The van der Waals surface area contributed by atoms with Gasteiger partial charge < -0.3 is 36.8 Å². The number of carboxylic acids is 1. The van der Waals surface area contributed by atoms with Gasteiger partial charge >= 0.3 is 5.97 Å². The minimum Gasteiger partial charge on any atom is -0.480 e. The van der Waals surface area contributed by atoms with E-state index in [1.54, 1.807) is 0 Å². The zero-order chi connectivity index (χ0) is 27.5. The molecule has 204 valence electrons. The molecule has 37 heavy (non-hydrogen) atoms. The van der Waals surface area contributed by atoms with Crippen molar-refractivity contribution >= 4 is 23.7 Å². The van der Waals surface area contributed by atoms with Gasteiger partial charge in [-0.3, -0.25) is 14.4 Å². The normalized spacial score (nSPS) is 16.0. The Morgan fingerprint density at radius 1 is 0.838 bits per heavy atom. The molecule has 0 aliphatic rings. The zero-order valence-corrected chi connectivity index (χ0v) is 21.7. The predicted octanol–water partition coefficient (Wildman–Crippen LogP) is -0.123. The van der Waals surface area contributed by atoms with E-state index < -0.39 is 47.9 Å². The van der Waals surface area contributed by atoms with Crippen LogP contribution >= 0.6 is 0 Å². The maximum Gasteiger partial charge on any atom is 0.326 e. The molecule has 0 aliphatic carbocycles. The number of nitrogens with one attached hydrogen (secondary N) is 5. The van der Waals surface area contributed by atoms with Gasteiger partial charge in [0, 0.05) is 36.6 Å². The maximum atomic E-state index is 13.4. The smallest absolute Gasteiger partial charge is 0.326 e. The molecule has 2 aromatic heterocycles. The minimum absolute atomic E-state index is 0.0230. The van der Waals surface area contributed by atoms with E-state index in [0.29, 0.717) is 24.2 Å². The number of nitrogens with zero attached hydrogens (tertiary/aromatic N) is 2. The lowest BCUT2D eigenvalue weighted by atomic mass is 9.95. The van der Waals surface area contributed by atoms with Crippen LogP contribution in [0.25, 0.3) is 0 Å². The highest BCUT2D eigenvalue weighted by atomic mass is 16.4. The van der Waals surface area contributed by atoms with Crippen molar-refractivity contribution in [1.82, 2.24) is 35.9 Å². The topological polar surface area (TPSA) is 208 Å². The number of aromatic nitrogens is 4. The number of carbonyl (C=O) groups is 4. The maximum absolute atomic E-state index is 13.4. The van der Waals surface area contributed by atoms with E-state index in [1.165, 1.54) is 25.0 Å². The molecule has 0 fully saturated rings. The van der Waals surface area contributed by atoms with Gasteiger partial charge in [0.15, 0.2) is 0 Å². The van der Waals surface area contributed by atoms with Crippen LogP contribution in [-0.4, -0.2) is 72.9 Å². The van der Waals surface area contributed by atoms with E-state index in [9.17, 15) is 24.3 Å². The Kier molecular flexibility index (Phi) is 11.2. The number of rotatable bonds is 15. The average Bonchev–Trinajstić information content (AvgIpc) is 3.59. The molecule has 13 nitrogen and oxygen atoms in total. The Balaban J connectivity index is 2.22. The molecule has 0 bridgehead atoms. The molecule has 0 spiro atoms. The lowest BCUT2D eigenvalue weighted by molar-refractivity contribution is -0.142. The first-order valence-electron chi connectivity index (χ1n) is 12.4. The number of aromatic amines is 2. The largest absolute Gasteiger partial charge is 0.480 e. The van der Waals surface area contributed by atoms with Gasteiger partial charge in [-0.15, -0.1) is 0 Å². The second-order valence-corrected chi connectivity index (χ2v) is 9.31. The van der Waals surface area contributed by atoms with Crippen molar-refractivity contribution in [3.63, 3.8) is 0 Å². The van der Waals surface area contributed by atoms with Crippen LogP contribution in [0.15, 0.2) is 25.0 Å². The Labute approximate surface area is 215 Å². The summed E-state index contributed by atoms with van der Waals surface area (Å²) >= 11 is 0. The summed E-state index contributed by atoms with van der Waals surface area (Å²) in [7, 11) is 0. The summed E-state index contributed by atoms with van der Waals surface area (Å²) in [6.45, 7) is 7.48. The van der Waals surface area contributed by atoms with Gasteiger partial charge in [-0.2, -0.15) is 0 Å². The fraction of sp³-hybridized carbons (Fsp3) is 0.583. The monoisotopic (exact) mass is 518 g/mol. The molecule has 6 unspecified atom stereocenters. The highest BCUT2D eigenvalue weighted by Crippen LogP contribution is 2.12. The first-order chi connectivity index (χ1) is 17.6. The van der Waals surface area contributed by atoms with Crippen molar-refractivity contribution in [1.29, 1.82) is 0 Å². The lowest BCUT2D eigenvalue weighted by Gasteiger charge is -2.28. The highest BCUT2D eigenvalue weighted by molar-refractivity contribution is 5.94. The van der Waals surface area contributed by atoms with Crippen LogP contribution in [0.3, 0.4) is 0 Å². The summed E-state index contributed by atoms with van der Waals surface area (Å²) in [4.78, 5) is 64.6. The summed E-state index contributed by atoms with van der Waals surface area (Å²) in [5.74, 6) is -3.29. The van der Waals surface area contributed by atoms with E-state index in [0.717, 1.165) is 0 Å². The van der Waals surface area contributed by atoms with Crippen molar-refractivity contribution in [3.8, 4) is 0 Å². The van der Waals surface area contributed by atoms with Crippen LogP contribution in [0.4, 0.5) is 0 Å². The van der Waals surface area contributed by atoms with Crippen molar-refractivity contribution in [2.75, 3.05) is 0 Å².